The molecule has 0 aliphatic carbocycles. The van der Waals surface area contributed by atoms with Crippen molar-refractivity contribution in [1.82, 2.24) is 0 Å². The maximum atomic E-state index is 13.4. The van der Waals surface area contributed by atoms with Gasteiger partial charge in [-0.3, -0.25) is 4.79 Å². The number of carbonyl (C=O) groups excluding carboxylic acids is 1. The van der Waals surface area contributed by atoms with Crippen molar-refractivity contribution in [2.24, 2.45) is 10.7 Å². The Morgan fingerprint density at radius 1 is 1.44 bits per heavy atom. The zero-order chi connectivity index (χ0) is 12.3. The van der Waals surface area contributed by atoms with Gasteiger partial charge >= 0.3 is 5.97 Å². The Kier molecular flexibility index (Phi) is 3.34. The molecule has 0 bridgehead atoms. The van der Waals surface area contributed by atoms with E-state index in [9.17, 15) is 14.0 Å². The summed E-state index contributed by atoms with van der Waals surface area (Å²) < 4.78 is 13.4. The standard InChI is InChI=1S/C10H9FN2O3/c1-5(14)13-9(12)8-6(10(15)16)3-2-4-7(8)11/h2-4H,1H3,(H,15,16)(H2,12,13,14). The van der Waals surface area contributed by atoms with Crippen LogP contribution in [0.4, 0.5) is 4.39 Å². The number of hydrogen-bond donors (Lipinski definition) is 2. The fourth-order valence-corrected chi connectivity index (χ4v) is 1.19. The molecule has 6 heteroatoms. The maximum absolute atomic E-state index is 13.4. The fourth-order valence-electron chi connectivity index (χ4n) is 1.19. The summed E-state index contributed by atoms with van der Waals surface area (Å²) in [5.74, 6) is -3.24. The molecule has 0 unspecified atom stereocenters. The number of carboxylic acid groups (broad SMARTS) is 1. The number of hydrogen-bond acceptors (Lipinski definition) is 2. The minimum Gasteiger partial charge on any atom is -0.478 e. The summed E-state index contributed by atoms with van der Waals surface area (Å²) in [7, 11) is 0. The second kappa shape index (κ2) is 4.52. The fraction of sp³-hybridized carbons (Fsp3) is 0.100. The van der Waals surface area contributed by atoms with Gasteiger partial charge < -0.3 is 10.8 Å². The maximum Gasteiger partial charge on any atom is 0.336 e. The van der Waals surface area contributed by atoms with Crippen LogP contribution in [0, 0.1) is 5.82 Å². The third-order valence-corrected chi connectivity index (χ3v) is 1.78. The number of aliphatic imine (C=N–C) groups is 1. The molecule has 0 atom stereocenters. The highest BCUT2D eigenvalue weighted by atomic mass is 19.1. The van der Waals surface area contributed by atoms with E-state index in [4.69, 9.17) is 10.8 Å². The summed E-state index contributed by atoms with van der Waals surface area (Å²) in [6, 6.07) is 3.47. The Labute approximate surface area is 90.4 Å². The lowest BCUT2D eigenvalue weighted by atomic mass is 10.1. The van der Waals surface area contributed by atoms with Crippen molar-refractivity contribution in [2.45, 2.75) is 6.92 Å². The molecule has 0 aliphatic heterocycles. The minimum absolute atomic E-state index is 0.331. The summed E-state index contributed by atoms with van der Waals surface area (Å²) in [5.41, 5.74) is 4.66. The highest BCUT2D eigenvalue weighted by molar-refractivity contribution is 6.10. The van der Waals surface area contributed by atoms with E-state index in [0.717, 1.165) is 13.0 Å². The van der Waals surface area contributed by atoms with E-state index >= 15 is 0 Å². The molecule has 1 rings (SSSR count). The van der Waals surface area contributed by atoms with E-state index in [1.54, 1.807) is 0 Å². The van der Waals surface area contributed by atoms with Crippen molar-refractivity contribution in [3.63, 3.8) is 0 Å². The van der Waals surface area contributed by atoms with Crippen molar-refractivity contribution in [2.75, 3.05) is 0 Å². The van der Waals surface area contributed by atoms with Crippen LogP contribution < -0.4 is 5.73 Å². The first-order valence-electron chi connectivity index (χ1n) is 4.30. The van der Waals surface area contributed by atoms with Gasteiger partial charge in [-0.15, -0.1) is 0 Å². The van der Waals surface area contributed by atoms with Crippen LogP contribution in [0.15, 0.2) is 23.2 Å². The molecule has 16 heavy (non-hydrogen) atoms. The smallest absolute Gasteiger partial charge is 0.336 e. The Bertz CT molecular complexity index is 483. The number of rotatable bonds is 2. The number of aromatic carboxylic acids is 1. The molecule has 0 saturated heterocycles. The molecule has 84 valence electrons. The molecule has 0 fully saturated rings. The Morgan fingerprint density at radius 3 is 2.56 bits per heavy atom. The number of benzene rings is 1. The van der Waals surface area contributed by atoms with E-state index in [1.165, 1.54) is 12.1 Å². The molecule has 1 amide bonds. The van der Waals surface area contributed by atoms with Gasteiger partial charge in [0.15, 0.2) is 0 Å². The molecule has 1 aromatic carbocycles. The zero-order valence-electron chi connectivity index (χ0n) is 8.40. The highest BCUT2D eigenvalue weighted by Crippen LogP contribution is 2.13. The lowest BCUT2D eigenvalue weighted by molar-refractivity contribution is -0.115. The minimum atomic E-state index is -1.34. The van der Waals surface area contributed by atoms with Crippen LogP contribution in [-0.2, 0) is 4.79 Å². The summed E-state index contributed by atoms with van der Waals surface area (Å²) >= 11 is 0. The zero-order valence-corrected chi connectivity index (χ0v) is 8.40. The second-order valence-electron chi connectivity index (χ2n) is 2.98. The average molecular weight is 224 g/mol. The number of carbonyl (C=O) groups is 2. The van der Waals surface area contributed by atoms with Crippen LogP contribution in [0.2, 0.25) is 0 Å². The first-order valence-corrected chi connectivity index (χ1v) is 4.30. The number of carboxylic acids is 1. The highest BCUT2D eigenvalue weighted by Gasteiger charge is 2.17. The second-order valence-corrected chi connectivity index (χ2v) is 2.98. The molecule has 0 heterocycles. The topological polar surface area (TPSA) is 92.8 Å². The Hall–Kier alpha value is -2.24. The van der Waals surface area contributed by atoms with Gasteiger partial charge in [0.25, 0.3) is 0 Å². The van der Waals surface area contributed by atoms with Crippen LogP contribution in [0.1, 0.15) is 22.8 Å². The van der Waals surface area contributed by atoms with Crippen LogP contribution >= 0.6 is 0 Å². The van der Waals surface area contributed by atoms with Gasteiger partial charge in [-0.05, 0) is 12.1 Å². The summed E-state index contributed by atoms with van der Waals surface area (Å²) in [4.78, 5) is 24.8. The third-order valence-electron chi connectivity index (χ3n) is 1.78. The van der Waals surface area contributed by atoms with E-state index in [-0.39, 0.29) is 11.1 Å². The summed E-state index contributed by atoms with van der Waals surface area (Å²) in [6.45, 7) is 1.13. The monoisotopic (exact) mass is 224 g/mol. The van der Waals surface area contributed by atoms with Crippen molar-refractivity contribution >= 4 is 17.7 Å². The lowest BCUT2D eigenvalue weighted by Gasteiger charge is -2.05. The van der Waals surface area contributed by atoms with Crippen LogP contribution in [-0.4, -0.2) is 22.8 Å². The average Bonchev–Trinajstić information content (AvgIpc) is 2.15. The van der Waals surface area contributed by atoms with Crippen molar-refractivity contribution in [3.05, 3.63) is 35.1 Å². The predicted molar refractivity (Wildman–Crippen MR) is 54.8 cm³/mol. The molecule has 1 aromatic rings. The first-order chi connectivity index (χ1) is 7.43. The van der Waals surface area contributed by atoms with Gasteiger partial charge in [-0.1, -0.05) is 6.07 Å². The van der Waals surface area contributed by atoms with E-state index in [1.807, 2.05) is 0 Å². The van der Waals surface area contributed by atoms with Gasteiger partial charge in [-0.2, -0.15) is 4.99 Å². The normalized spacial score (nSPS) is 11.2. The van der Waals surface area contributed by atoms with Crippen LogP contribution in [0.3, 0.4) is 0 Å². The van der Waals surface area contributed by atoms with Gasteiger partial charge in [-0.25, -0.2) is 9.18 Å². The third kappa shape index (κ3) is 2.41. The van der Waals surface area contributed by atoms with Crippen molar-refractivity contribution in [1.29, 1.82) is 0 Å². The van der Waals surface area contributed by atoms with Gasteiger partial charge in [0.2, 0.25) is 5.91 Å². The molecule has 3 N–H and O–H groups in total. The molecular weight excluding hydrogens is 215 g/mol. The van der Waals surface area contributed by atoms with Crippen molar-refractivity contribution < 1.29 is 19.1 Å². The summed E-state index contributed by atoms with van der Waals surface area (Å²) in [6.07, 6.45) is 0. The quantitative estimate of drug-likeness (QED) is 0.573. The number of nitrogens with two attached hydrogens (primary N) is 1. The predicted octanol–water partition coefficient (Wildman–Crippen LogP) is 0.776. The molecule has 0 aliphatic rings. The van der Waals surface area contributed by atoms with E-state index in [0.29, 0.717) is 0 Å². The number of halogens is 1. The van der Waals surface area contributed by atoms with Crippen molar-refractivity contribution in [3.8, 4) is 0 Å². The molecule has 0 saturated carbocycles. The Morgan fingerprint density at radius 2 is 2.06 bits per heavy atom. The van der Waals surface area contributed by atoms with Crippen LogP contribution in [0.5, 0.6) is 0 Å². The lowest BCUT2D eigenvalue weighted by Crippen LogP contribution is -2.20. The largest absolute Gasteiger partial charge is 0.478 e. The molecule has 5 nitrogen and oxygen atoms in total. The number of amides is 1. The number of amidine groups is 1. The van der Waals surface area contributed by atoms with Crippen LogP contribution in [0.25, 0.3) is 0 Å². The van der Waals surface area contributed by atoms with E-state index in [2.05, 4.69) is 4.99 Å². The SMILES string of the molecule is CC(=O)N=C(N)c1c(F)cccc1C(=O)O. The molecule has 0 spiro atoms. The van der Waals surface area contributed by atoms with Gasteiger partial charge in [0.1, 0.15) is 11.7 Å². The summed E-state index contributed by atoms with van der Waals surface area (Å²) in [5, 5.41) is 8.81. The molecule has 0 radical (unpaired) electrons. The van der Waals surface area contributed by atoms with Gasteiger partial charge in [0.05, 0.1) is 11.1 Å². The van der Waals surface area contributed by atoms with Gasteiger partial charge in [0, 0.05) is 6.92 Å². The molecular formula is C10H9FN2O3. The first kappa shape index (κ1) is 11.8. The number of nitrogens with zero attached hydrogens (tertiary/aromatic N) is 1. The van der Waals surface area contributed by atoms with E-state index < -0.39 is 23.5 Å². The molecule has 0 aromatic heterocycles. The Balaban J connectivity index is 3.42.